The topological polar surface area (TPSA) is 143 Å². The van der Waals surface area contributed by atoms with Crippen molar-refractivity contribution in [3.8, 4) is 0 Å². The van der Waals surface area contributed by atoms with Crippen molar-refractivity contribution in [3.05, 3.63) is 28.0 Å². The first-order valence-electron chi connectivity index (χ1n) is 7.98. The van der Waals surface area contributed by atoms with Crippen molar-refractivity contribution < 1.29 is 9.34 Å². The molecule has 11 heteroatoms. The lowest BCUT2D eigenvalue weighted by Gasteiger charge is -2.08. The molecule has 0 unspecified atom stereocenters. The van der Waals surface area contributed by atoms with E-state index in [0.29, 0.717) is 24.0 Å². The van der Waals surface area contributed by atoms with Crippen LogP contribution in [0.5, 0.6) is 0 Å². The fourth-order valence-corrected chi connectivity index (χ4v) is 2.04. The van der Waals surface area contributed by atoms with Crippen molar-refractivity contribution in [3.63, 3.8) is 0 Å². The molecule has 0 aliphatic heterocycles. The molecule has 3 N–H and O–H groups in total. The van der Waals surface area contributed by atoms with Gasteiger partial charge < -0.3 is 15.1 Å². The van der Waals surface area contributed by atoms with Gasteiger partial charge in [0.2, 0.25) is 17.8 Å². The molecule has 2 saturated carbocycles. The molecular formula is C14H16N8O3. The van der Waals surface area contributed by atoms with Crippen LogP contribution in [0, 0.1) is 10.1 Å². The van der Waals surface area contributed by atoms with Crippen LogP contribution in [-0.4, -0.2) is 38.2 Å². The lowest BCUT2D eigenvalue weighted by molar-refractivity contribution is -0.402. The molecule has 0 radical (unpaired) electrons. The minimum Gasteiger partial charge on any atom is -0.400 e. The second kappa shape index (κ2) is 6.34. The average molecular weight is 344 g/mol. The predicted molar refractivity (Wildman–Crippen MR) is 89.7 cm³/mol. The van der Waals surface area contributed by atoms with Crippen LogP contribution in [-0.2, 0) is 0 Å². The van der Waals surface area contributed by atoms with Gasteiger partial charge in [0.15, 0.2) is 5.76 Å². The Kier molecular flexibility index (Phi) is 3.88. The van der Waals surface area contributed by atoms with Gasteiger partial charge in [-0.05, 0) is 31.7 Å². The summed E-state index contributed by atoms with van der Waals surface area (Å²) in [4.78, 5) is 22.9. The Bertz CT molecular complexity index is 780. The molecule has 2 fully saturated rings. The van der Waals surface area contributed by atoms with Gasteiger partial charge in [0.25, 0.3) is 0 Å². The molecule has 0 spiro atoms. The largest absolute Gasteiger partial charge is 0.433 e. The standard InChI is InChI=1S/C14H16N8O3/c23-22(24)11-6-5-10(25-11)7-15-21-14-19-12(16-8-1-2-8)18-13(20-14)17-9-3-4-9/h5-9H,1-4H2,(H3,16,17,18,19,20,21)/b15-7+. The van der Waals surface area contributed by atoms with Crippen LogP contribution in [0.1, 0.15) is 31.4 Å². The summed E-state index contributed by atoms with van der Waals surface area (Å²) in [6.45, 7) is 0. The maximum atomic E-state index is 10.6. The number of hydrogen-bond donors (Lipinski definition) is 3. The number of hydrogen-bond acceptors (Lipinski definition) is 10. The summed E-state index contributed by atoms with van der Waals surface area (Å²) in [5, 5.41) is 21.0. The molecule has 0 aromatic carbocycles. The molecule has 0 saturated heterocycles. The lowest BCUT2D eigenvalue weighted by Crippen LogP contribution is -2.13. The zero-order valence-corrected chi connectivity index (χ0v) is 13.2. The fraction of sp³-hybridized carbons (Fsp3) is 0.429. The third-order valence-corrected chi connectivity index (χ3v) is 3.61. The van der Waals surface area contributed by atoms with Crippen LogP contribution in [0.15, 0.2) is 21.7 Å². The Morgan fingerprint density at radius 3 is 2.20 bits per heavy atom. The van der Waals surface area contributed by atoms with Crippen molar-refractivity contribution >= 4 is 29.9 Å². The summed E-state index contributed by atoms with van der Waals surface area (Å²) in [5.41, 5.74) is 2.70. The molecule has 0 bridgehead atoms. The zero-order valence-electron chi connectivity index (χ0n) is 13.2. The highest BCUT2D eigenvalue weighted by Crippen LogP contribution is 2.26. The van der Waals surface area contributed by atoms with E-state index < -0.39 is 4.92 Å². The summed E-state index contributed by atoms with van der Waals surface area (Å²) in [5.74, 6) is 1.17. The Morgan fingerprint density at radius 2 is 1.68 bits per heavy atom. The van der Waals surface area contributed by atoms with Crippen LogP contribution < -0.4 is 16.1 Å². The maximum absolute atomic E-state index is 10.6. The summed E-state index contributed by atoms with van der Waals surface area (Å²) in [7, 11) is 0. The second-order valence-corrected chi connectivity index (χ2v) is 5.95. The first kappa shape index (κ1) is 15.3. The second-order valence-electron chi connectivity index (χ2n) is 5.95. The molecular weight excluding hydrogens is 328 g/mol. The molecule has 11 nitrogen and oxygen atoms in total. The van der Waals surface area contributed by atoms with E-state index in [9.17, 15) is 10.1 Å². The van der Waals surface area contributed by atoms with Crippen molar-refractivity contribution in [2.75, 3.05) is 16.1 Å². The molecule has 25 heavy (non-hydrogen) atoms. The monoisotopic (exact) mass is 344 g/mol. The SMILES string of the molecule is O=[N+]([O-])c1ccc(/C=N/Nc2nc(NC3CC3)nc(NC3CC3)n2)o1. The van der Waals surface area contributed by atoms with Gasteiger partial charge in [-0.3, -0.25) is 10.1 Å². The third-order valence-electron chi connectivity index (χ3n) is 3.61. The number of nitro groups is 1. The minimum atomic E-state index is -0.609. The van der Waals surface area contributed by atoms with E-state index in [1.165, 1.54) is 18.3 Å². The van der Waals surface area contributed by atoms with E-state index in [-0.39, 0.29) is 17.6 Å². The quantitative estimate of drug-likeness (QED) is 0.372. The van der Waals surface area contributed by atoms with Crippen molar-refractivity contribution in [1.29, 1.82) is 0 Å². The van der Waals surface area contributed by atoms with E-state index in [0.717, 1.165) is 25.7 Å². The molecule has 0 atom stereocenters. The maximum Gasteiger partial charge on any atom is 0.433 e. The van der Waals surface area contributed by atoms with Gasteiger partial charge in [0, 0.05) is 12.1 Å². The van der Waals surface area contributed by atoms with Gasteiger partial charge in [-0.2, -0.15) is 20.1 Å². The van der Waals surface area contributed by atoms with Crippen molar-refractivity contribution in [2.24, 2.45) is 5.10 Å². The van der Waals surface area contributed by atoms with Crippen LogP contribution >= 0.6 is 0 Å². The highest BCUT2D eigenvalue weighted by Gasteiger charge is 2.25. The van der Waals surface area contributed by atoms with E-state index in [2.05, 4.69) is 36.1 Å². The molecule has 2 aliphatic rings. The van der Waals surface area contributed by atoms with Gasteiger partial charge in [0.05, 0.1) is 12.3 Å². The van der Waals surface area contributed by atoms with Crippen LogP contribution in [0.4, 0.5) is 23.7 Å². The van der Waals surface area contributed by atoms with Gasteiger partial charge in [-0.25, -0.2) is 5.43 Å². The minimum absolute atomic E-state index is 0.251. The molecule has 2 aliphatic carbocycles. The number of nitrogens with zero attached hydrogens (tertiary/aromatic N) is 5. The molecule has 2 aromatic heterocycles. The van der Waals surface area contributed by atoms with Crippen LogP contribution in [0.25, 0.3) is 0 Å². The lowest BCUT2D eigenvalue weighted by atomic mass is 10.5. The molecule has 0 amide bonds. The fourth-order valence-electron chi connectivity index (χ4n) is 2.04. The smallest absolute Gasteiger partial charge is 0.400 e. The summed E-state index contributed by atoms with van der Waals surface area (Å²) < 4.78 is 4.99. The number of hydrazone groups is 1. The van der Waals surface area contributed by atoms with Gasteiger partial charge in [-0.1, -0.05) is 0 Å². The number of furan rings is 1. The summed E-state index contributed by atoms with van der Waals surface area (Å²) in [6, 6.07) is 3.55. The van der Waals surface area contributed by atoms with Gasteiger partial charge in [-0.15, -0.1) is 0 Å². The Labute approximate surface area is 142 Å². The average Bonchev–Trinajstić information content (AvgIpc) is 3.49. The summed E-state index contributed by atoms with van der Waals surface area (Å²) >= 11 is 0. The number of anilines is 3. The molecule has 130 valence electrons. The zero-order chi connectivity index (χ0) is 17.2. The normalized spacial score (nSPS) is 16.8. The predicted octanol–water partition coefficient (Wildman–Crippen LogP) is 1.97. The van der Waals surface area contributed by atoms with Crippen LogP contribution in [0.3, 0.4) is 0 Å². The number of nitrogens with one attached hydrogen (secondary N) is 3. The van der Waals surface area contributed by atoms with Crippen molar-refractivity contribution in [1.82, 2.24) is 15.0 Å². The van der Waals surface area contributed by atoms with Crippen LogP contribution in [0.2, 0.25) is 0 Å². The first-order valence-corrected chi connectivity index (χ1v) is 7.98. The number of aromatic nitrogens is 3. The number of rotatable bonds is 8. The van der Waals surface area contributed by atoms with E-state index in [4.69, 9.17) is 4.42 Å². The van der Waals surface area contributed by atoms with Crippen molar-refractivity contribution in [2.45, 2.75) is 37.8 Å². The van der Waals surface area contributed by atoms with Gasteiger partial charge >= 0.3 is 5.88 Å². The highest BCUT2D eigenvalue weighted by atomic mass is 16.6. The first-order chi connectivity index (χ1) is 12.2. The van der Waals surface area contributed by atoms with E-state index >= 15 is 0 Å². The highest BCUT2D eigenvalue weighted by molar-refractivity contribution is 5.76. The Hall–Kier alpha value is -3.24. The molecule has 2 aromatic rings. The Balaban J connectivity index is 1.45. The van der Waals surface area contributed by atoms with E-state index in [1.807, 2.05) is 0 Å². The van der Waals surface area contributed by atoms with E-state index in [1.54, 1.807) is 0 Å². The van der Waals surface area contributed by atoms with Gasteiger partial charge in [0.1, 0.15) is 4.92 Å². The third kappa shape index (κ3) is 4.19. The Morgan fingerprint density at radius 1 is 1.08 bits per heavy atom. The summed E-state index contributed by atoms with van der Waals surface area (Å²) in [6.07, 6.45) is 5.74. The molecule has 4 rings (SSSR count). The molecule has 2 heterocycles.